The molecule has 0 aromatic carbocycles. The number of unbranched alkanes of at least 4 members (excludes halogenated alkanes) is 1. The lowest BCUT2D eigenvalue weighted by Crippen LogP contribution is -2.44. The monoisotopic (exact) mass is 302 g/mol. The highest BCUT2D eigenvalue weighted by Gasteiger charge is 2.33. The Kier molecular flexibility index (Phi) is 4.90. The van der Waals surface area contributed by atoms with E-state index in [4.69, 9.17) is 0 Å². The van der Waals surface area contributed by atoms with Gasteiger partial charge >= 0.3 is 0 Å². The molecule has 1 saturated carbocycles. The Morgan fingerprint density at radius 1 is 1.23 bits per heavy atom. The topological polar surface area (TPSA) is 25.2 Å². The first-order valence-corrected chi connectivity index (χ1v) is 9.16. The maximum atomic E-state index is 12.9. The van der Waals surface area contributed by atoms with Crippen LogP contribution in [0.25, 0.3) is 0 Å². The van der Waals surface area contributed by atoms with Crippen LogP contribution < -0.4 is 0 Å². The van der Waals surface area contributed by atoms with E-state index >= 15 is 0 Å². The van der Waals surface area contributed by atoms with Crippen LogP contribution in [0.3, 0.4) is 0 Å². The van der Waals surface area contributed by atoms with E-state index in [0.29, 0.717) is 5.91 Å². The van der Waals surface area contributed by atoms with Gasteiger partial charge in [-0.15, -0.1) is 0 Å². The Morgan fingerprint density at radius 3 is 2.73 bits per heavy atom. The van der Waals surface area contributed by atoms with Crippen molar-refractivity contribution in [2.45, 2.75) is 71.4 Å². The van der Waals surface area contributed by atoms with Crippen LogP contribution >= 0.6 is 0 Å². The second-order valence-electron chi connectivity index (χ2n) is 7.19. The van der Waals surface area contributed by atoms with E-state index in [1.165, 1.54) is 37.8 Å². The van der Waals surface area contributed by atoms with Gasteiger partial charge < -0.3 is 9.47 Å². The van der Waals surface area contributed by atoms with Gasteiger partial charge in [0.1, 0.15) is 0 Å². The predicted molar refractivity (Wildman–Crippen MR) is 89.5 cm³/mol. The molecule has 1 fully saturated rings. The van der Waals surface area contributed by atoms with Crippen LogP contribution in [-0.4, -0.2) is 21.9 Å². The summed E-state index contributed by atoms with van der Waals surface area (Å²) >= 11 is 0. The van der Waals surface area contributed by atoms with E-state index in [0.717, 1.165) is 31.8 Å². The highest BCUT2D eigenvalue weighted by Crippen LogP contribution is 2.35. The fourth-order valence-corrected chi connectivity index (χ4v) is 4.31. The summed E-state index contributed by atoms with van der Waals surface area (Å²) in [5.74, 6) is 1.57. The van der Waals surface area contributed by atoms with Crippen molar-refractivity contribution in [1.29, 1.82) is 0 Å². The zero-order valence-corrected chi connectivity index (χ0v) is 14.1. The zero-order valence-electron chi connectivity index (χ0n) is 14.1. The average Bonchev–Trinajstić information content (AvgIpc) is 3.03. The highest BCUT2D eigenvalue weighted by molar-refractivity contribution is 5.79. The number of carbonyl (C=O) groups is 1. The standard InChI is InChI=1S/C19H30N2O/c1-3-4-6-16-8-10-17(11-9-16)19(22)21-14-13-20-12-5-7-18(20)15(21)2/h5,7,12,15-17H,3-4,6,8-11,13-14H2,1-2H3. The second kappa shape index (κ2) is 6.89. The molecule has 0 spiro atoms. The molecule has 3 rings (SSSR count). The predicted octanol–water partition coefficient (Wildman–Crippen LogP) is 4.39. The van der Waals surface area contributed by atoms with Crippen LogP contribution in [0.5, 0.6) is 0 Å². The largest absolute Gasteiger partial charge is 0.348 e. The number of nitrogens with zero attached hydrogens (tertiary/aromatic N) is 2. The molecule has 0 N–H and O–H groups in total. The molecule has 1 amide bonds. The molecule has 2 heterocycles. The van der Waals surface area contributed by atoms with E-state index in [1.54, 1.807) is 0 Å². The van der Waals surface area contributed by atoms with E-state index < -0.39 is 0 Å². The van der Waals surface area contributed by atoms with Crippen LogP contribution in [0.2, 0.25) is 0 Å². The number of rotatable bonds is 4. The van der Waals surface area contributed by atoms with Crippen LogP contribution in [0.15, 0.2) is 18.3 Å². The average molecular weight is 302 g/mol. The number of amides is 1. The van der Waals surface area contributed by atoms with Gasteiger partial charge in [-0.25, -0.2) is 0 Å². The molecule has 1 aromatic heterocycles. The third kappa shape index (κ3) is 3.09. The minimum atomic E-state index is 0.231. The van der Waals surface area contributed by atoms with E-state index in [-0.39, 0.29) is 12.0 Å². The van der Waals surface area contributed by atoms with Crippen molar-refractivity contribution in [1.82, 2.24) is 9.47 Å². The van der Waals surface area contributed by atoms with Crippen LogP contribution in [0.1, 0.15) is 70.5 Å². The van der Waals surface area contributed by atoms with Gasteiger partial charge in [0.15, 0.2) is 0 Å². The molecule has 22 heavy (non-hydrogen) atoms. The molecule has 1 unspecified atom stereocenters. The number of aromatic nitrogens is 1. The first kappa shape index (κ1) is 15.6. The van der Waals surface area contributed by atoms with Crippen LogP contribution in [-0.2, 0) is 11.3 Å². The quantitative estimate of drug-likeness (QED) is 0.810. The third-order valence-electron chi connectivity index (χ3n) is 5.79. The Bertz CT molecular complexity index is 499. The normalized spacial score (nSPS) is 28.5. The molecule has 1 aliphatic carbocycles. The summed E-state index contributed by atoms with van der Waals surface area (Å²) < 4.78 is 2.29. The molecule has 1 aliphatic heterocycles. The molecule has 1 aromatic rings. The van der Waals surface area contributed by atoms with Gasteiger partial charge in [0.05, 0.1) is 6.04 Å². The van der Waals surface area contributed by atoms with Gasteiger partial charge in [-0.2, -0.15) is 0 Å². The van der Waals surface area contributed by atoms with Gasteiger partial charge in [-0.05, 0) is 50.7 Å². The molecular weight excluding hydrogens is 272 g/mol. The Morgan fingerprint density at radius 2 is 2.00 bits per heavy atom. The number of hydrogen-bond donors (Lipinski definition) is 0. The smallest absolute Gasteiger partial charge is 0.226 e. The summed E-state index contributed by atoms with van der Waals surface area (Å²) in [5, 5.41) is 0. The lowest BCUT2D eigenvalue weighted by molar-refractivity contribution is -0.140. The first-order valence-electron chi connectivity index (χ1n) is 9.16. The Hall–Kier alpha value is -1.25. The molecule has 0 bridgehead atoms. The third-order valence-corrected chi connectivity index (χ3v) is 5.79. The lowest BCUT2D eigenvalue weighted by Gasteiger charge is -2.38. The van der Waals surface area contributed by atoms with Crippen molar-refractivity contribution in [3.8, 4) is 0 Å². The van der Waals surface area contributed by atoms with Crippen molar-refractivity contribution >= 4 is 5.91 Å². The minimum absolute atomic E-state index is 0.231. The molecule has 3 heteroatoms. The first-order chi connectivity index (χ1) is 10.7. The van der Waals surface area contributed by atoms with E-state index in [2.05, 4.69) is 41.6 Å². The van der Waals surface area contributed by atoms with Gasteiger partial charge in [0.25, 0.3) is 0 Å². The van der Waals surface area contributed by atoms with E-state index in [1.807, 2.05) is 0 Å². The van der Waals surface area contributed by atoms with Crippen LogP contribution in [0.4, 0.5) is 0 Å². The summed E-state index contributed by atoms with van der Waals surface area (Å²) in [6.45, 7) is 6.26. The maximum absolute atomic E-state index is 12.9. The number of carbonyl (C=O) groups excluding carboxylic acids is 1. The van der Waals surface area contributed by atoms with Gasteiger partial charge in [0.2, 0.25) is 5.91 Å². The second-order valence-corrected chi connectivity index (χ2v) is 7.19. The molecule has 0 saturated heterocycles. The van der Waals surface area contributed by atoms with Gasteiger partial charge in [-0.3, -0.25) is 4.79 Å². The zero-order chi connectivity index (χ0) is 15.5. The van der Waals surface area contributed by atoms with Gasteiger partial charge in [0, 0.05) is 30.9 Å². The summed E-state index contributed by atoms with van der Waals surface area (Å²) in [4.78, 5) is 15.1. The molecule has 3 nitrogen and oxygen atoms in total. The summed E-state index contributed by atoms with van der Waals surface area (Å²) in [5.41, 5.74) is 1.29. The number of fused-ring (bicyclic) bond motifs is 1. The number of hydrogen-bond acceptors (Lipinski definition) is 1. The summed E-state index contributed by atoms with van der Waals surface area (Å²) in [6.07, 6.45) is 10.9. The van der Waals surface area contributed by atoms with Crippen molar-refractivity contribution in [2.75, 3.05) is 6.54 Å². The van der Waals surface area contributed by atoms with Crippen molar-refractivity contribution in [2.24, 2.45) is 11.8 Å². The summed E-state index contributed by atoms with van der Waals surface area (Å²) in [7, 11) is 0. The molecule has 0 radical (unpaired) electrons. The maximum Gasteiger partial charge on any atom is 0.226 e. The van der Waals surface area contributed by atoms with Crippen molar-refractivity contribution in [3.05, 3.63) is 24.0 Å². The molecule has 1 atom stereocenters. The Balaban J connectivity index is 1.57. The summed E-state index contributed by atoms with van der Waals surface area (Å²) in [6, 6.07) is 4.49. The van der Waals surface area contributed by atoms with E-state index in [9.17, 15) is 4.79 Å². The van der Waals surface area contributed by atoms with Crippen LogP contribution in [0, 0.1) is 11.8 Å². The molecule has 2 aliphatic rings. The fraction of sp³-hybridized carbons (Fsp3) is 0.737. The highest BCUT2D eigenvalue weighted by atomic mass is 16.2. The van der Waals surface area contributed by atoms with Crippen molar-refractivity contribution in [3.63, 3.8) is 0 Å². The van der Waals surface area contributed by atoms with Crippen molar-refractivity contribution < 1.29 is 4.79 Å². The molecular formula is C19H30N2O. The Labute approximate surface area is 134 Å². The minimum Gasteiger partial charge on any atom is -0.348 e. The fourth-order valence-electron chi connectivity index (χ4n) is 4.31. The lowest BCUT2D eigenvalue weighted by atomic mass is 9.79. The molecule has 122 valence electrons. The van der Waals surface area contributed by atoms with Gasteiger partial charge in [-0.1, -0.05) is 26.2 Å². The SMILES string of the molecule is CCCCC1CCC(C(=O)N2CCn3cccc3C2C)CC1.